The lowest BCUT2D eigenvalue weighted by Gasteiger charge is -2.24. The van der Waals surface area contributed by atoms with Gasteiger partial charge in [-0.15, -0.1) is 0 Å². The van der Waals surface area contributed by atoms with Gasteiger partial charge in [0.15, 0.2) is 0 Å². The molecule has 2 aliphatic carbocycles. The molecule has 104 valence electrons. The van der Waals surface area contributed by atoms with Crippen molar-refractivity contribution in [1.82, 2.24) is 5.32 Å². The number of benzene rings is 1. The summed E-state index contributed by atoms with van der Waals surface area (Å²) in [7, 11) is 1.73. The summed E-state index contributed by atoms with van der Waals surface area (Å²) in [6.45, 7) is 1.15. The fraction of sp³-hybridized carbons (Fsp3) is 0.647. The van der Waals surface area contributed by atoms with E-state index in [1.165, 1.54) is 44.1 Å². The minimum absolute atomic E-state index is 0.689. The van der Waals surface area contributed by atoms with Crippen LogP contribution in [0.5, 0.6) is 5.75 Å². The second-order valence-electron chi connectivity index (χ2n) is 6.11. The molecule has 3 rings (SSSR count). The minimum atomic E-state index is 0.689. The van der Waals surface area contributed by atoms with Crippen LogP contribution in [-0.2, 0) is 0 Å². The third kappa shape index (κ3) is 3.30. The van der Waals surface area contributed by atoms with E-state index in [0.717, 1.165) is 24.3 Å². The molecule has 1 aromatic carbocycles. The smallest absolute Gasteiger partial charge is 0.118 e. The summed E-state index contributed by atoms with van der Waals surface area (Å²) in [5.41, 5.74) is 1.49. The van der Waals surface area contributed by atoms with Crippen LogP contribution in [0.4, 0.5) is 0 Å². The summed E-state index contributed by atoms with van der Waals surface area (Å²) < 4.78 is 5.27. The summed E-state index contributed by atoms with van der Waals surface area (Å²) in [5.74, 6) is 2.53. The number of ether oxygens (including phenoxy) is 1. The van der Waals surface area contributed by atoms with Crippen molar-refractivity contribution in [1.29, 1.82) is 0 Å². The molecule has 2 heteroatoms. The van der Waals surface area contributed by atoms with Crippen LogP contribution >= 0.6 is 0 Å². The summed E-state index contributed by atoms with van der Waals surface area (Å²) in [5, 5.41) is 3.73. The molecule has 2 nitrogen and oxygen atoms in total. The van der Waals surface area contributed by atoms with Gasteiger partial charge in [0.2, 0.25) is 0 Å². The fourth-order valence-electron chi connectivity index (χ4n) is 3.35. The van der Waals surface area contributed by atoms with Gasteiger partial charge in [0.1, 0.15) is 5.75 Å². The van der Waals surface area contributed by atoms with Crippen molar-refractivity contribution in [3.8, 4) is 5.75 Å². The first kappa shape index (κ1) is 13.0. The number of hydrogen-bond acceptors (Lipinski definition) is 2. The average molecular weight is 259 g/mol. The Bertz CT molecular complexity index is 390. The monoisotopic (exact) mass is 259 g/mol. The van der Waals surface area contributed by atoms with Crippen LogP contribution in [0.3, 0.4) is 0 Å². The molecule has 1 aromatic rings. The van der Waals surface area contributed by atoms with Gasteiger partial charge in [-0.05, 0) is 55.2 Å². The third-order valence-corrected chi connectivity index (χ3v) is 4.72. The zero-order valence-electron chi connectivity index (χ0n) is 11.9. The molecule has 2 aliphatic rings. The first-order valence-electron chi connectivity index (χ1n) is 7.74. The van der Waals surface area contributed by atoms with Crippen LogP contribution in [0.15, 0.2) is 24.3 Å². The molecule has 1 atom stereocenters. The van der Waals surface area contributed by atoms with Crippen molar-refractivity contribution in [3.63, 3.8) is 0 Å². The molecule has 2 saturated carbocycles. The van der Waals surface area contributed by atoms with E-state index in [4.69, 9.17) is 4.74 Å². The van der Waals surface area contributed by atoms with Crippen molar-refractivity contribution < 1.29 is 4.74 Å². The molecule has 0 saturated heterocycles. The molecule has 0 spiro atoms. The quantitative estimate of drug-likeness (QED) is 0.840. The lowest BCUT2D eigenvalue weighted by molar-refractivity contribution is 0.404. The Morgan fingerprint density at radius 3 is 2.37 bits per heavy atom. The van der Waals surface area contributed by atoms with Gasteiger partial charge in [0.25, 0.3) is 0 Å². The molecule has 0 amide bonds. The lowest BCUT2D eigenvalue weighted by atomic mass is 9.84. The molecule has 0 aliphatic heterocycles. The summed E-state index contributed by atoms with van der Waals surface area (Å²) in [6.07, 6.45) is 8.40. The zero-order valence-corrected chi connectivity index (χ0v) is 11.9. The highest BCUT2D eigenvalue weighted by Gasteiger charge is 2.28. The fourth-order valence-corrected chi connectivity index (χ4v) is 3.35. The molecular formula is C17H25NO. The number of hydrogen-bond donors (Lipinski definition) is 1. The van der Waals surface area contributed by atoms with Gasteiger partial charge < -0.3 is 10.1 Å². The molecule has 1 unspecified atom stereocenters. The Balaban J connectivity index is 1.70. The molecule has 2 fully saturated rings. The van der Waals surface area contributed by atoms with Crippen LogP contribution in [0.2, 0.25) is 0 Å². The maximum absolute atomic E-state index is 5.27. The highest BCUT2D eigenvalue weighted by molar-refractivity contribution is 5.30. The van der Waals surface area contributed by atoms with E-state index in [1.807, 2.05) is 0 Å². The molecular weight excluding hydrogens is 234 g/mol. The number of methoxy groups -OCH3 is 1. The first-order valence-corrected chi connectivity index (χ1v) is 7.74. The van der Waals surface area contributed by atoms with E-state index >= 15 is 0 Å². The summed E-state index contributed by atoms with van der Waals surface area (Å²) >= 11 is 0. The van der Waals surface area contributed by atoms with Gasteiger partial charge in [-0.2, -0.15) is 0 Å². The second-order valence-corrected chi connectivity index (χ2v) is 6.11. The molecule has 0 bridgehead atoms. The molecule has 0 heterocycles. The third-order valence-electron chi connectivity index (χ3n) is 4.72. The van der Waals surface area contributed by atoms with Gasteiger partial charge in [0, 0.05) is 12.6 Å². The van der Waals surface area contributed by atoms with E-state index < -0.39 is 0 Å². The largest absolute Gasteiger partial charge is 0.497 e. The number of rotatable bonds is 6. The normalized spacial score (nSPS) is 21.5. The maximum Gasteiger partial charge on any atom is 0.118 e. The van der Waals surface area contributed by atoms with Crippen molar-refractivity contribution in [2.45, 2.75) is 50.5 Å². The van der Waals surface area contributed by atoms with Crippen molar-refractivity contribution in [3.05, 3.63) is 29.8 Å². The van der Waals surface area contributed by atoms with E-state index in [2.05, 4.69) is 29.6 Å². The molecule has 0 radical (unpaired) electrons. The first-order chi connectivity index (χ1) is 9.36. The predicted molar refractivity (Wildman–Crippen MR) is 78.7 cm³/mol. The molecule has 19 heavy (non-hydrogen) atoms. The Morgan fingerprint density at radius 1 is 1.11 bits per heavy atom. The van der Waals surface area contributed by atoms with Crippen molar-refractivity contribution >= 4 is 0 Å². The Hall–Kier alpha value is -1.02. The summed E-state index contributed by atoms with van der Waals surface area (Å²) in [6, 6.07) is 9.54. The Morgan fingerprint density at radius 2 is 1.79 bits per heavy atom. The second kappa shape index (κ2) is 5.96. The van der Waals surface area contributed by atoms with E-state index in [-0.39, 0.29) is 0 Å². The van der Waals surface area contributed by atoms with Gasteiger partial charge in [-0.1, -0.05) is 25.0 Å². The van der Waals surface area contributed by atoms with Crippen molar-refractivity contribution in [2.24, 2.45) is 5.92 Å². The minimum Gasteiger partial charge on any atom is -0.497 e. The van der Waals surface area contributed by atoms with Crippen LogP contribution in [0.1, 0.15) is 50.0 Å². The Kier molecular flexibility index (Phi) is 4.07. The van der Waals surface area contributed by atoms with Gasteiger partial charge in [-0.25, -0.2) is 0 Å². The van der Waals surface area contributed by atoms with Gasteiger partial charge in [0.05, 0.1) is 7.11 Å². The van der Waals surface area contributed by atoms with Gasteiger partial charge >= 0.3 is 0 Å². The standard InChI is InChI=1S/C17H25NO/c1-19-16-10-6-14(7-11-16)17(12-18-15-8-9-15)13-4-2-3-5-13/h6-7,10-11,13,15,17-18H,2-5,8-9,12H2,1H3. The lowest BCUT2D eigenvalue weighted by Crippen LogP contribution is -2.27. The van der Waals surface area contributed by atoms with E-state index in [0.29, 0.717) is 5.92 Å². The zero-order chi connectivity index (χ0) is 13.1. The molecule has 1 N–H and O–H groups in total. The van der Waals surface area contributed by atoms with Crippen molar-refractivity contribution in [2.75, 3.05) is 13.7 Å². The predicted octanol–water partition coefficient (Wildman–Crippen LogP) is 3.72. The van der Waals surface area contributed by atoms with Crippen LogP contribution < -0.4 is 10.1 Å². The van der Waals surface area contributed by atoms with Crippen LogP contribution in [0, 0.1) is 5.92 Å². The van der Waals surface area contributed by atoms with E-state index in [9.17, 15) is 0 Å². The number of nitrogens with one attached hydrogen (secondary N) is 1. The maximum atomic E-state index is 5.27. The highest BCUT2D eigenvalue weighted by atomic mass is 16.5. The van der Waals surface area contributed by atoms with Gasteiger partial charge in [-0.3, -0.25) is 0 Å². The molecule has 0 aromatic heterocycles. The van der Waals surface area contributed by atoms with Crippen LogP contribution in [0.25, 0.3) is 0 Å². The van der Waals surface area contributed by atoms with Crippen LogP contribution in [-0.4, -0.2) is 19.7 Å². The SMILES string of the molecule is COc1ccc(C(CNC2CC2)C2CCCC2)cc1. The average Bonchev–Trinajstić information content (AvgIpc) is 3.13. The van der Waals surface area contributed by atoms with E-state index in [1.54, 1.807) is 7.11 Å². The summed E-state index contributed by atoms with van der Waals surface area (Å²) in [4.78, 5) is 0. The topological polar surface area (TPSA) is 21.3 Å². The Labute approximate surface area is 116 Å². The highest BCUT2D eigenvalue weighted by Crippen LogP contribution is 2.38.